The quantitative estimate of drug-likeness (QED) is 0.742. The molecule has 2 heterocycles. The Morgan fingerprint density at radius 1 is 1.25 bits per heavy atom. The van der Waals surface area contributed by atoms with Gasteiger partial charge in [-0.05, 0) is 6.07 Å². The number of aromatic nitrogens is 2. The first-order valence-electron chi connectivity index (χ1n) is 7.30. The molecule has 3 N–H and O–H groups in total. The number of hydrogen-bond acceptors (Lipinski definition) is 7. The number of nitrogens with two attached hydrogens (primary N) is 1. The van der Waals surface area contributed by atoms with Crippen LogP contribution in [0.4, 0.5) is 5.82 Å². The minimum Gasteiger partial charge on any atom is -0.493 e. The van der Waals surface area contributed by atoms with Crippen LogP contribution >= 0.6 is 0 Å². The summed E-state index contributed by atoms with van der Waals surface area (Å²) < 4.78 is 34.8. The third kappa shape index (κ3) is 3.35. The highest BCUT2D eigenvalue weighted by Gasteiger charge is 2.29. The molecule has 0 atom stereocenters. The van der Waals surface area contributed by atoms with Crippen LogP contribution in [-0.4, -0.2) is 52.2 Å². The molecule has 1 aromatic carbocycles. The number of hydrogen-bond donors (Lipinski definition) is 2. The molecule has 2 aromatic rings. The fraction of sp³-hybridized carbons (Fsp3) is 0.429. The van der Waals surface area contributed by atoms with Crippen molar-refractivity contribution in [1.82, 2.24) is 14.7 Å². The fourth-order valence-electron chi connectivity index (χ4n) is 2.73. The average molecular weight is 353 g/mol. The molecule has 0 amide bonds. The minimum absolute atomic E-state index is 0.188. The number of fused-ring (bicyclic) bond motifs is 1. The summed E-state index contributed by atoms with van der Waals surface area (Å²) in [6.07, 6.45) is 1.50. The van der Waals surface area contributed by atoms with Crippen LogP contribution in [0.3, 0.4) is 0 Å². The predicted molar refractivity (Wildman–Crippen MR) is 89.5 cm³/mol. The van der Waals surface area contributed by atoms with Gasteiger partial charge in [-0.1, -0.05) is 0 Å². The van der Waals surface area contributed by atoms with E-state index in [1.165, 1.54) is 6.33 Å². The first kappa shape index (κ1) is 16.7. The third-order valence-corrected chi connectivity index (χ3v) is 4.52. The zero-order chi connectivity index (χ0) is 17.3. The Bertz CT molecular complexity index is 852. The lowest BCUT2D eigenvalue weighted by atomic mass is 10.00. The van der Waals surface area contributed by atoms with Crippen molar-refractivity contribution in [2.75, 3.05) is 38.8 Å². The van der Waals surface area contributed by atoms with Crippen molar-refractivity contribution in [3.8, 4) is 11.5 Å². The topological polar surface area (TPSA) is 120 Å². The van der Waals surface area contributed by atoms with Crippen molar-refractivity contribution >= 4 is 26.9 Å². The van der Waals surface area contributed by atoms with E-state index in [4.69, 9.17) is 14.6 Å². The van der Waals surface area contributed by atoms with Crippen LogP contribution in [0.5, 0.6) is 11.5 Å². The number of ether oxygens (including phenoxy) is 2. The molecule has 0 radical (unpaired) electrons. The molecule has 1 aromatic heterocycles. The summed E-state index contributed by atoms with van der Waals surface area (Å²) in [6.45, 7) is 1.68. The van der Waals surface area contributed by atoms with Crippen LogP contribution in [-0.2, 0) is 10.2 Å². The molecule has 0 spiro atoms. The number of benzene rings is 1. The number of anilines is 1. The van der Waals surface area contributed by atoms with E-state index in [0.29, 0.717) is 31.1 Å². The second-order valence-corrected chi connectivity index (χ2v) is 6.96. The predicted octanol–water partition coefficient (Wildman–Crippen LogP) is -0.124. The van der Waals surface area contributed by atoms with Crippen molar-refractivity contribution in [3.63, 3.8) is 0 Å². The maximum atomic E-state index is 10.9. The summed E-state index contributed by atoms with van der Waals surface area (Å²) in [5, 5.41) is 5.80. The Morgan fingerprint density at radius 3 is 2.54 bits per heavy atom. The van der Waals surface area contributed by atoms with Gasteiger partial charge in [-0.25, -0.2) is 19.8 Å². The SMILES string of the molecule is COc1cc2ncnc(N3CC(CNS(N)(=O)=O)C3)c2cc1OC. The smallest absolute Gasteiger partial charge is 0.274 e. The van der Waals surface area contributed by atoms with Gasteiger partial charge in [0.15, 0.2) is 11.5 Å². The molecule has 1 aliphatic heterocycles. The highest BCUT2D eigenvalue weighted by atomic mass is 32.2. The van der Waals surface area contributed by atoms with Crippen molar-refractivity contribution in [2.24, 2.45) is 11.1 Å². The summed E-state index contributed by atoms with van der Waals surface area (Å²) in [6, 6.07) is 3.65. The zero-order valence-electron chi connectivity index (χ0n) is 13.4. The van der Waals surface area contributed by atoms with Crippen molar-refractivity contribution in [2.45, 2.75) is 0 Å². The molecule has 0 aliphatic carbocycles. The van der Waals surface area contributed by atoms with Gasteiger partial charge in [0.1, 0.15) is 12.1 Å². The van der Waals surface area contributed by atoms with Gasteiger partial charge in [0.05, 0.1) is 19.7 Å². The molecule has 130 valence electrons. The van der Waals surface area contributed by atoms with E-state index >= 15 is 0 Å². The van der Waals surface area contributed by atoms with E-state index in [-0.39, 0.29) is 5.92 Å². The number of nitrogens with zero attached hydrogens (tertiary/aromatic N) is 3. The van der Waals surface area contributed by atoms with E-state index in [1.54, 1.807) is 20.3 Å². The molecule has 0 bridgehead atoms. The highest BCUT2D eigenvalue weighted by molar-refractivity contribution is 7.87. The molecular weight excluding hydrogens is 334 g/mol. The number of rotatable bonds is 6. The van der Waals surface area contributed by atoms with Gasteiger partial charge in [-0.15, -0.1) is 0 Å². The lowest BCUT2D eigenvalue weighted by Crippen LogP contribution is -2.52. The summed E-state index contributed by atoms with van der Waals surface area (Å²) in [5.74, 6) is 2.18. The highest BCUT2D eigenvalue weighted by Crippen LogP contribution is 2.36. The van der Waals surface area contributed by atoms with E-state index in [0.717, 1.165) is 16.7 Å². The van der Waals surface area contributed by atoms with Gasteiger partial charge in [0.25, 0.3) is 10.2 Å². The second kappa shape index (κ2) is 6.38. The molecule has 1 saturated heterocycles. The largest absolute Gasteiger partial charge is 0.493 e. The van der Waals surface area contributed by atoms with Gasteiger partial charge < -0.3 is 14.4 Å². The molecule has 9 nitrogen and oxygen atoms in total. The molecular formula is C14H19N5O4S. The van der Waals surface area contributed by atoms with Gasteiger partial charge in [-0.2, -0.15) is 8.42 Å². The number of methoxy groups -OCH3 is 2. The van der Waals surface area contributed by atoms with Crippen molar-refractivity contribution < 1.29 is 17.9 Å². The first-order valence-corrected chi connectivity index (χ1v) is 8.85. The zero-order valence-corrected chi connectivity index (χ0v) is 14.2. The third-order valence-electron chi connectivity index (χ3n) is 3.95. The molecule has 1 aliphatic rings. The van der Waals surface area contributed by atoms with Crippen molar-refractivity contribution in [3.05, 3.63) is 18.5 Å². The van der Waals surface area contributed by atoms with Crippen molar-refractivity contribution in [1.29, 1.82) is 0 Å². The lowest BCUT2D eigenvalue weighted by Gasteiger charge is -2.40. The van der Waals surface area contributed by atoms with Crippen LogP contribution in [0.15, 0.2) is 18.5 Å². The summed E-state index contributed by atoms with van der Waals surface area (Å²) in [7, 11) is -0.505. The van der Waals surface area contributed by atoms with Crippen LogP contribution in [0.1, 0.15) is 0 Å². The maximum absolute atomic E-state index is 10.9. The Labute approximate surface area is 140 Å². The van der Waals surface area contributed by atoms with Crippen LogP contribution in [0, 0.1) is 5.92 Å². The fourth-order valence-corrected chi connectivity index (χ4v) is 3.20. The Kier molecular flexibility index (Phi) is 4.43. The molecule has 24 heavy (non-hydrogen) atoms. The molecule has 0 saturated carbocycles. The Morgan fingerprint density at radius 2 is 1.92 bits per heavy atom. The molecule has 3 rings (SSSR count). The minimum atomic E-state index is -3.65. The van der Waals surface area contributed by atoms with Crippen LogP contribution < -0.4 is 24.2 Å². The first-order chi connectivity index (χ1) is 11.4. The number of nitrogens with one attached hydrogen (secondary N) is 1. The lowest BCUT2D eigenvalue weighted by molar-refractivity contribution is 0.355. The summed E-state index contributed by atoms with van der Waals surface area (Å²) in [4.78, 5) is 10.7. The monoisotopic (exact) mass is 353 g/mol. The van der Waals surface area contributed by atoms with E-state index in [1.807, 2.05) is 6.07 Å². The van der Waals surface area contributed by atoms with E-state index in [2.05, 4.69) is 19.6 Å². The van der Waals surface area contributed by atoms with Gasteiger partial charge in [0, 0.05) is 37.0 Å². The van der Waals surface area contributed by atoms with E-state index in [9.17, 15) is 8.42 Å². The summed E-state index contributed by atoms with van der Waals surface area (Å²) in [5.41, 5.74) is 0.753. The second-order valence-electron chi connectivity index (χ2n) is 5.59. The van der Waals surface area contributed by atoms with Gasteiger partial charge in [-0.3, -0.25) is 0 Å². The molecule has 10 heteroatoms. The molecule has 1 fully saturated rings. The van der Waals surface area contributed by atoms with E-state index < -0.39 is 10.2 Å². The summed E-state index contributed by atoms with van der Waals surface area (Å²) >= 11 is 0. The van der Waals surface area contributed by atoms with Crippen LogP contribution in [0.25, 0.3) is 10.9 Å². The van der Waals surface area contributed by atoms with Gasteiger partial charge >= 0.3 is 0 Å². The Hall–Kier alpha value is -2.17. The van der Waals surface area contributed by atoms with Crippen LogP contribution in [0.2, 0.25) is 0 Å². The molecule has 0 unspecified atom stereocenters. The normalized spacial score (nSPS) is 15.4. The Balaban J connectivity index is 1.81. The maximum Gasteiger partial charge on any atom is 0.274 e. The average Bonchev–Trinajstić information content (AvgIpc) is 2.51. The standard InChI is InChI=1S/C14H19N5O4S/c1-22-12-3-10-11(4-13(12)23-2)16-8-17-14(10)19-6-9(7-19)5-18-24(15,20)21/h3-4,8-9,18H,5-7H2,1-2H3,(H2,15,20,21). The van der Waals surface area contributed by atoms with Gasteiger partial charge in [0.2, 0.25) is 0 Å².